The number of aliphatic carboxylic acids is 1. The van der Waals surface area contributed by atoms with E-state index >= 15 is 0 Å². The largest absolute Gasteiger partial charge is 0.480 e. The lowest BCUT2D eigenvalue weighted by Gasteiger charge is -2.18. The molecule has 1 aliphatic carbocycles. The summed E-state index contributed by atoms with van der Waals surface area (Å²) in [6, 6.07) is -1.00. The summed E-state index contributed by atoms with van der Waals surface area (Å²) < 4.78 is 26.1. The maximum atomic E-state index is 11.9. The molecule has 18 heavy (non-hydrogen) atoms. The van der Waals surface area contributed by atoms with Gasteiger partial charge in [-0.1, -0.05) is 26.7 Å². The number of carboxylic acid groups (broad SMARTS) is 1. The van der Waals surface area contributed by atoms with Crippen LogP contribution in [0, 0.1) is 11.8 Å². The van der Waals surface area contributed by atoms with E-state index in [0.29, 0.717) is 6.42 Å². The maximum absolute atomic E-state index is 11.9. The molecule has 0 bridgehead atoms. The third kappa shape index (κ3) is 5.35. The third-order valence-corrected chi connectivity index (χ3v) is 4.81. The molecule has 1 aliphatic rings. The molecule has 1 saturated carbocycles. The molecule has 0 heterocycles. The Kier molecular flexibility index (Phi) is 5.59. The Balaban J connectivity index is 2.57. The minimum Gasteiger partial charge on any atom is -0.480 e. The molecular formula is C12H23NO4S. The van der Waals surface area contributed by atoms with Gasteiger partial charge in [0.05, 0.1) is 5.75 Å². The standard InChI is InChI=1S/C12H23NO4S/c1-9(2)7-11(12(14)15)13-18(16,17)8-10-5-3-4-6-10/h9-11,13H,3-8H2,1-2H3,(H,14,15)/t11-/m0/s1. The van der Waals surface area contributed by atoms with Crippen LogP contribution in [-0.4, -0.2) is 31.3 Å². The second kappa shape index (κ2) is 6.52. The molecular weight excluding hydrogens is 254 g/mol. The summed E-state index contributed by atoms with van der Waals surface area (Å²) in [7, 11) is -3.49. The number of rotatable bonds is 7. The molecule has 6 heteroatoms. The molecule has 0 unspecified atom stereocenters. The predicted molar refractivity (Wildman–Crippen MR) is 69.8 cm³/mol. The minimum atomic E-state index is -3.49. The van der Waals surface area contributed by atoms with Gasteiger partial charge in [0.15, 0.2) is 0 Å². The molecule has 0 aliphatic heterocycles. The van der Waals surface area contributed by atoms with Crippen molar-refractivity contribution in [2.45, 2.75) is 52.0 Å². The Morgan fingerprint density at radius 1 is 1.33 bits per heavy atom. The molecule has 0 aromatic carbocycles. The Morgan fingerprint density at radius 2 is 1.89 bits per heavy atom. The van der Waals surface area contributed by atoms with Gasteiger partial charge >= 0.3 is 5.97 Å². The van der Waals surface area contributed by atoms with E-state index in [1.807, 2.05) is 13.8 Å². The second-order valence-electron chi connectivity index (χ2n) is 5.57. The SMILES string of the molecule is CC(C)C[C@H](NS(=O)(=O)CC1CCCC1)C(=O)O. The van der Waals surface area contributed by atoms with Crippen LogP contribution in [0.2, 0.25) is 0 Å². The Hall–Kier alpha value is -0.620. The monoisotopic (exact) mass is 277 g/mol. The van der Waals surface area contributed by atoms with Crippen molar-refractivity contribution in [1.82, 2.24) is 4.72 Å². The van der Waals surface area contributed by atoms with Gasteiger partial charge in [0.25, 0.3) is 0 Å². The third-order valence-electron chi connectivity index (χ3n) is 3.26. The summed E-state index contributed by atoms with van der Waals surface area (Å²) in [5.41, 5.74) is 0. The first-order valence-corrected chi connectivity index (χ1v) is 8.18. The number of hydrogen-bond acceptors (Lipinski definition) is 3. The van der Waals surface area contributed by atoms with Gasteiger partial charge in [-0.15, -0.1) is 0 Å². The van der Waals surface area contributed by atoms with Gasteiger partial charge in [-0.3, -0.25) is 4.79 Å². The van der Waals surface area contributed by atoms with E-state index in [9.17, 15) is 13.2 Å². The summed E-state index contributed by atoms with van der Waals surface area (Å²) in [4.78, 5) is 11.0. The molecule has 0 spiro atoms. The van der Waals surface area contributed by atoms with Crippen molar-refractivity contribution in [3.63, 3.8) is 0 Å². The van der Waals surface area contributed by atoms with E-state index in [2.05, 4.69) is 4.72 Å². The number of hydrogen-bond donors (Lipinski definition) is 2. The summed E-state index contributed by atoms with van der Waals surface area (Å²) in [6.07, 6.45) is 4.34. The fourth-order valence-electron chi connectivity index (χ4n) is 2.42. The number of nitrogens with one attached hydrogen (secondary N) is 1. The zero-order valence-electron chi connectivity index (χ0n) is 11.1. The zero-order valence-corrected chi connectivity index (χ0v) is 11.9. The van der Waals surface area contributed by atoms with Gasteiger partial charge in [0.1, 0.15) is 6.04 Å². The minimum absolute atomic E-state index is 0.0644. The topological polar surface area (TPSA) is 83.5 Å². The molecule has 0 radical (unpaired) electrons. The van der Waals surface area contributed by atoms with Crippen molar-refractivity contribution < 1.29 is 18.3 Å². The van der Waals surface area contributed by atoms with E-state index < -0.39 is 22.0 Å². The van der Waals surface area contributed by atoms with Crippen LogP contribution in [0.25, 0.3) is 0 Å². The van der Waals surface area contributed by atoms with Gasteiger partial charge in [-0.2, -0.15) is 0 Å². The molecule has 5 nitrogen and oxygen atoms in total. The first-order valence-electron chi connectivity index (χ1n) is 6.53. The highest BCUT2D eigenvalue weighted by atomic mass is 32.2. The first kappa shape index (κ1) is 15.4. The molecule has 0 aromatic heterocycles. The van der Waals surface area contributed by atoms with Gasteiger partial charge in [0.2, 0.25) is 10.0 Å². The molecule has 106 valence electrons. The second-order valence-corrected chi connectivity index (χ2v) is 7.37. The highest BCUT2D eigenvalue weighted by Crippen LogP contribution is 2.25. The lowest BCUT2D eigenvalue weighted by Crippen LogP contribution is -2.43. The highest BCUT2D eigenvalue weighted by molar-refractivity contribution is 7.89. The van der Waals surface area contributed by atoms with E-state index in [1.165, 1.54) is 0 Å². The average molecular weight is 277 g/mol. The van der Waals surface area contributed by atoms with Crippen molar-refractivity contribution in [2.24, 2.45) is 11.8 Å². The van der Waals surface area contributed by atoms with Crippen LogP contribution in [0.15, 0.2) is 0 Å². The van der Waals surface area contributed by atoms with Crippen LogP contribution in [0.5, 0.6) is 0 Å². The number of carbonyl (C=O) groups is 1. The van der Waals surface area contributed by atoms with Crippen LogP contribution >= 0.6 is 0 Å². The average Bonchev–Trinajstić information content (AvgIpc) is 2.67. The molecule has 0 aromatic rings. The van der Waals surface area contributed by atoms with Crippen LogP contribution in [0.1, 0.15) is 46.0 Å². The number of sulfonamides is 1. The lowest BCUT2D eigenvalue weighted by molar-refractivity contribution is -0.139. The fourth-order valence-corrected chi connectivity index (χ4v) is 4.10. The van der Waals surface area contributed by atoms with Gasteiger partial charge in [-0.05, 0) is 31.1 Å². The zero-order chi connectivity index (χ0) is 13.8. The molecule has 1 rings (SSSR count). The Labute approximate surface area is 109 Å². The molecule has 1 atom stereocenters. The van der Waals surface area contributed by atoms with E-state index in [0.717, 1.165) is 25.7 Å². The lowest BCUT2D eigenvalue weighted by atomic mass is 10.1. The van der Waals surface area contributed by atoms with Crippen molar-refractivity contribution >= 4 is 16.0 Å². The summed E-state index contributed by atoms with van der Waals surface area (Å²) in [5.74, 6) is -0.704. The van der Waals surface area contributed by atoms with Crippen LogP contribution in [0.4, 0.5) is 0 Å². The molecule has 0 saturated heterocycles. The van der Waals surface area contributed by atoms with Crippen molar-refractivity contribution in [2.75, 3.05) is 5.75 Å². The predicted octanol–water partition coefficient (Wildman–Crippen LogP) is 1.60. The van der Waals surface area contributed by atoms with Crippen LogP contribution < -0.4 is 4.72 Å². The van der Waals surface area contributed by atoms with E-state index in [4.69, 9.17) is 5.11 Å². The van der Waals surface area contributed by atoms with Gasteiger partial charge < -0.3 is 5.11 Å². The highest BCUT2D eigenvalue weighted by Gasteiger charge is 2.28. The summed E-state index contributed by atoms with van der Waals surface area (Å²) in [6.45, 7) is 3.75. The number of carboxylic acids is 1. The molecule has 1 fully saturated rings. The van der Waals surface area contributed by atoms with E-state index in [1.54, 1.807) is 0 Å². The maximum Gasteiger partial charge on any atom is 0.321 e. The van der Waals surface area contributed by atoms with Crippen LogP contribution in [-0.2, 0) is 14.8 Å². The van der Waals surface area contributed by atoms with Crippen molar-refractivity contribution in [3.05, 3.63) is 0 Å². The van der Waals surface area contributed by atoms with E-state index in [-0.39, 0.29) is 17.6 Å². The quantitative estimate of drug-likeness (QED) is 0.740. The first-order chi connectivity index (χ1) is 8.30. The Bertz CT molecular complexity index is 372. The smallest absolute Gasteiger partial charge is 0.321 e. The van der Waals surface area contributed by atoms with Crippen LogP contribution in [0.3, 0.4) is 0 Å². The molecule has 0 amide bonds. The fraction of sp³-hybridized carbons (Fsp3) is 0.917. The van der Waals surface area contributed by atoms with Crippen molar-refractivity contribution in [1.29, 1.82) is 0 Å². The Morgan fingerprint density at radius 3 is 2.33 bits per heavy atom. The normalized spacial score (nSPS) is 19.3. The summed E-state index contributed by atoms with van der Waals surface area (Å²) >= 11 is 0. The summed E-state index contributed by atoms with van der Waals surface area (Å²) in [5, 5.41) is 9.02. The van der Waals surface area contributed by atoms with Gasteiger partial charge in [-0.25, -0.2) is 13.1 Å². The van der Waals surface area contributed by atoms with Gasteiger partial charge in [0, 0.05) is 0 Å². The van der Waals surface area contributed by atoms with Crippen molar-refractivity contribution in [3.8, 4) is 0 Å². The molecule has 2 N–H and O–H groups in total.